The zero-order valence-corrected chi connectivity index (χ0v) is 40.2. The molecule has 1 aliphatic heterocycles. The first-order valence-electron chi connectivity index (χ1n) is 26.1. The van der Waals surface area contributed by atoms with E-state index in [2.05, 4.69) is 31.0 Å². The standard InChI is InChI=1S/C51H97N3O7/c1-4-7-10-13-16-25-32-45-59-49(56)36-28-21-17-23-30-40-53(42-33-39-52-48(55)38-43-54-44-46-60-51(54)58)41-31-24-18-22-29-37-50(57)61-47(34-26-19-14-11-8-5-2)35-27-20-15-12-9-6-3/h47H,4-46H2,1-3H3,(H,52,55). The van der Waals surface area contributed by atoms with Crippen LogP contribution in [0.4, 0.5) is 4.79 Å². The van der Waals surface area contributed by atoms with E-state index in [0.717, 1.165) is 116 Å². The number of hydrogen-bond donors (Lipinski definition) is 1. The van der Waals surface area contributed by atoms with E-state index in [4.69, 9.17) is 14.2 Å². The average Bonchev–Trinajstić information content (AvgIpc) is 3.67. The van der Waals surface area contributed by atoms with Crippen LogP contribution in [-0.2, 0) is 28.6 Å². The molecule has 1 saturated heterocycles. The number of amides is 2. The summed E-state index contributed by atoms with van der Waals surface area (Å²) in [5.41, 5.74) is 0. The second-order valence-electron chi connectivity index (χ2n) is 18.0. The summed E-state index contributed by atoms with van der Waals surface area (Å²) in [7, 11) is 0. The molecule has 0 bridgehead atoms. The van der Waals surface area contributed by atoms with E-state index in [1.54, 1.807) is 4.90 Å². The van der Waals surface area contributed by atoms with Crippen molar-refractivity contribution in [1.29, 1.82) is 0 Å². The number of nitrogens with one attached hydrogen (secondary N) is 1. The number of carbonyl (C=O) groups is 4. The first-order chi connectivity index (χ1) is 29.9. The van der Waals surface area contributed by atoms with Crippen molar-refractivity contribution in [2.24, 2.45) is 0 Å². The van der Waals surface area contributed by atoms with Crippen LogP contribution in [0.25, 0.3) is 0 Å². The summed E-state index contributed by atoms with van der Waals surface area (Å²) in [5, 5.41) is 3.03. The Morgan fingerprint density at radius 1 is 0.574 bits per heavy atom. The highest BCUT2D eigenvalue weighted by atomic mass is 16.6. The lowest BCUT2D eigenvalue weighted by molar-refractivity contribution is -0.150. The lowest BCUT2D eigenvalue weighted by atomic mass is 10.0. The third-order valence-corrected chi connectivity index (χ3v) is 12.2. The van der Waals surface area contributed by atoms with Crippen LogP contribution < -0.4 is 5.32 Å². The maximum atomic E-state index is 12.9. The molecule has 0 aromatic rings. The molecular weight excluding hydrogens is 767 g/mol. The third kappa shape index (κ3) is 36.8. The Kier molecular flexibility index (Phi) is 39.9. The van der Waals surface area contributed by atoms with E-state index in [9.17, 15) is 19.2 Å². The fourth-order valence-electron chi connectivity index (χ4n) is 8.22. The van der Waals surface area contributed by atoms with Crippen molar-refractivity contribution < 1.29 is 33.4 Å². The van der Waals surface area contributed by atoms with Gasteiger partial charge in [0.1, 0.15) is 12.7 Å². The number of rotatable bonds is 46. The van der Waals surface area contributed by atoms with Crippen molar-refractivity contribution in [3.63, 3.8) is 0 Å². The van der Waals surface area contributed by atoms with E-state index in [1.807, 2.05) is 0 Å². The van der Waals surface area contributed by atoms with Crippen LogP contribution in [0.5, 0.6) is 0 Å². The van der Waals surface area contributed by atoms with Crippen LogP contribution in [0.3, 0.4) is 0 Å². The minimum Gasteiger partial charge on any atom is -0.466 e. The fraction of sp³-hybridized carbons (Fsp3) is 0.922. The van der Waals surface area contributed by atoms with Crippen LogP contribution in [0.15, 0.2) is 0 Å². The Hall–Kier alpha value is -2.36. The zero-order valence-electron chi connectivity index (χ0n) is 40.2. The lowest BCUT2D eigenvalue weighted by Gasteiger charge is -2.22. The number of esters is 2. The highest BCUT2D eigenvalue weighted by molar-refractivity contribution is 5.77. The van der Waals surface area contributed by atoms with Gasteiger partial charge in [-0.25, -0.2) is 4.79 Å². The molecule has 10 nitrogen and oxygen atoms in total. The zero-order chi connectivity index (χ0) is 44.3. The summed E-state index contributed by atoms with van der Waals surface area (Å²) in [5.74, 6) is -0.0746. The van der Waals surface area contributed by atoms with Gasteiger partial charge in [0.05, 0.1) is 13.2 Å². The Balaban J connectivity index is 2.35. The summed E-state index contributed by atoms with van der Waals surface area (Å²) < 4.78 is 16.5. The number of nitrogens with zero attached hydrogens (tertiary/aromatic N) is 2. The van der Waals surface area contributed by atoms with Crippen molar-refractivity contribution in [2.45, 2.75) is 252 Å². The predicted molar refractivity (Wildman–Crippen MR) is 252 cm³/mol. The summed E-state index contributed by atoms with van der Waals surface area (Å²) in [4.78, 5) is 53.2. The molecule has 0 aliphatic carbocycles. The molecule has 1 fully saturated rings. The molecule has 0 spiro atoms. The number of carbonyl (C=O) groups excluding carboxylic acids is 4. The summed E-state index contributed by atoms with van der Waals surface area (Å²) in [6.45, 7) is 12.3. The molecule has 0 radical (unpaired) electrons. The fourth-order valence-corrected chi connectivity index (χ4v) is 8.22. The molecule has 1 heterocycles. The predicted octanol–water partition coefficient (Wildman–Crippen LogP) is 13.0. The molecule has 1 N–H and O–H groups in total. The number of unbranched alkanes of at least 4 members (excludes halogenated alkanes) is 24. The molecular formula is C51H97N3O7. The van der Waals surface area contributed by atoms with Crippen molar-refractivity contribution in [3.05, 3.63) is 0 Å². The van der Waals surface area contributed by atoms with Gasteiger partial charge in [0.25, 0.3) is 0 Å². The molecule has 2 amide bonds. The quantitative estimate of drug-likeness (QED) is 0.0365. The van der Waals surface area contributed by atoms with Crippen molar-refractivity contribution in [2.75, 3.05) is 52.5 Å². The van der Waals surface area contributed by atoms with Gasteiger partial charge < -0.3 is 29.3 Å². The minimum absolute atomic E-state index is 0.00230. The second-order valence-corrected chi connectivity index (χ2v) is 18.0. The van der Waals surface area contributed by atoms with E-state index in [1.165, 1.54) is 109 Å². The molecule has 0 atom stereocenters. The number of hydrogen-bond acceptors (Lipinski definition) is 8. The monoisotopic (exact) mass is 864 g/mol. The maximum absolute atomic E-state index is 12.9. The number of ether oxygens (including phenoxy) is 3. The van der Waals surface area contributed by atoms with E-state index in [-0.39, 0.29) is 30.0 Å². The van der Waals surface area contributed by atoms with Crippen LogP contribution in [0.2, 0.25) is 0 Å². The third-order valence-electron chi connectivity index (χ3n) is 12.2. The normalized spacial score (nSPS) is 12.7. The van der Waals surface area contributed by atoms with Gasteiger partial charge in [0.2, 0.25) is 5.91 Å². The Labute approximate surface area is 375 Å². The van der Waals surface area contributed by atoms with Gasteiger partial charge in [-0.05, 0) is 83.8 Å². The topological polar surface area (TPSA) is 114 Å². The average molecular weight is 864 g/mol. The van der Waals surface area contributed by atoms with Gasteiger partial charge in [-0.1, -0.05) is 162 Å². The van der Waals surface area contributed by atoms with Gasteiger partial charge in [-0.2, -0.15) is 0 Å². The molecule has 10 heteroatoms. The van der Waals surface area contributed by atoms with Crippen LogP contribution in [0, 0.1) is 0 Å². The van der Waals surface area contributed by atoms with Gasteiger partial charge >= 0.3 is 18.0 Å². The van der Waals surface area contributed by atoms with Gasteiger partial charge in [-0.15, -0.1) is 0 Å². The van der Waals surface area contributed by atoms with E-state index >= 15 is 0 Å². The molecule has 358 valence electrons. The molecule has 0 saturated carbocycles. The molecule has 0 aromatic heterocycles. The SMILES string of the molecule is CCCCCCCCCOC(=O)CCCCCCCN(CCCCCCCC(=O)OC(CCCCCCCC)CCCCCCCC)CCCNC(=O)CCN1CCOC1=O. The molecule has 1 aliphatic rings. The van der Waals surface area contributed by atoms with E-state index in [0.29, 0.717) is 52.1 Å². The van der Waals surface area contributed by atoms with Crippen LogP contribution >= 0.6 is 0 Å². The summed E-state index contributed by atoms with van der Waals surface area (Å²) in [6.07, 6.45) is 38.5. The Morgan fingerprint density at radius 2 is 1.03 bits per heavy atom. The molecule has 0 unspecified atom stereocenters. The molecule has 1 rings (SSSR count). The Morgan fingerprint density at radius 3 is 1.56 bits per heavy atom. The lowest BCUT2D eigenvalue weighted by Crippen LogP contribution is -2.33. The van der Waals surface area contributed by atoms with Gasteiger partial charge in [-0.3, -0.25) is 14.4 Å². The Bertz CT molecular complexity index is 1030. The van der Waals surface area contributed by atoms with Crippen molar-refractivity contribution >= 4 is 23.9 Å². The second kappa shape index (κ2) is 42.9. The number of cyclic esters (lactones) is 1. The van der Waals surface area contributed by atoms with Gasteiger partial charge in [0.15, 0.2) is 0 Å². The molecule has 61 heavy (non-hydrogen) atoms. The van der Waals surface area contributed by atoms with E-state index < -0.39 is 0 Å². The van der Waals surface area contributed by atoms with Crippen molar-refractivity contribution in [1.82, 2.24) is 15.1 Å². The van der Waals surface area contributed by atoms with Gasteiger partial charge in [0, 0.05) is 32.4 Å². The largest absolute Gasteiger partial charge is 0.466 e. The minimum atomic E-state index is -0.330. The summed E-state index contributed by atoms with van der Waals surface area (Å²) >= 11 is 0. The maximum Gasteiger partial charge on any atom is 0.409 e. The highest BCUT2D eigenvalue weighted by Crippen LogP contribution is 2.19. The van der Waals surface area contributed by atoms with Crippen molar-refractivity contribution in [3.8, 4) is 0 Å². The highest BCUT2D eigenvalue weighted by Gasteiger charge is 2.22. The first kappa shape index (κ1) is 56.7. The first-order valence-corrected chi connectivity index (χ1v) is 26.1. The van der Waals surface area contributed by atoms with Crippen LogP contribution in [0.1, 0.15) is 245 Å². The van der Waals surface area contributed by atoms with Crippen LogP contribution in [-0.4, -0.2) is 92.3 Å². The summed E-state index contributed by atoms with van der Waals surface area (Å²) in [6, 6.07) is 0. The molecule has 0 aromatic carbocycles. The smallest absolute Gasteiger partial charge is 0.409 e.